The minimum atomic E-state index is -0.835. The van der Waals surface area contributed by atoms with E-state index >= 15 is 0 Å². The number of Topliss-reactive ketones (excluding diaryl/α,β-unsaturated/α-hetero) is 1. The Bertz CT molecular complexity index is 1190. The van der Waals surface area contributed by atoms with E-state index < -0.39 is 23.9 Å². The summed E-state index contributed by atoms with van der Waals surface area (Å²) in [4.78, 5) is 44.8. The zero-order valence-corrected chi connectivity index (χ0v) is 24.9. The van der Waals surface area contributed by atoms with Crippen molar-refractivity contribution in [2.75, 3.05) is 0 Å². The van der Waals surface area contributed by atoms with Crippen molar-refractivity contribution < 1.29 is 19.5 Å². The lowest BCUT2D eigenvalue weighted by Gasteiger charge is -2.33. The number of nitrogens with one attached hydrogen (secondary N) is 1. The smallest absolute Gasteiger partial charge is 0.223 e. The van der Waals surface area contributed by atoms with Gasteiger partial charge in [-0.05, 0) is 85.7 Å². The number of aromatic nitrogens is 1. The molecule has 1 heterocycles. The summed E-state index contributed by atoms with van der Waals surface area (Å²) in [5.41, 5.74) is 10.9. The predicted molar refractivity (Wildman–Crippen MR) is 155 cm³/mol. The summed E-state index contributed by atoms with van der Waals surface area (Å²) < 4.78 is 1.04. The van der Waals surface area contributed by atoms with E-state index in [4.69, 9.17) is 5.73 Å². The van der Waals surface area contributed by atoms with Crippen LogP contribution in [-0.4, -0.2) is 33.7 Å². The van der Waals surface area contributed by atoms with E-state index in [1.807, 2.05) is 45.3 Å². The first kappa shape index (κ1) is 29.4. The van der Waals surface area contributed by atoms with E-state index in [0.29, 0.717) is 18.5 Å². The maximum Gasteiger partial charge on any atom is 0.223 e. The molecule has 0 radical (unpaired) electrons. The maximum absolute atomic E-state index is 13.4. The van der Waals surface area contributed by atoms with Crippen molar-refractivity contribution in [2.24, 2.45) is 29.4 Å². The number of rotatable bonds is 9. The van der Waals surface area contributed by atoms with E-state index in [-0.39, 0.29) is 35.9 Å². The molecule has 1 aromatic heterocycles. The highest BCUT2D eigenvalue weighted by Gasteiger charge is 2.40. The molecule has 9 heteroatoms. The van der Waals surface area contributed by atoms with E-state index in [0.717, 1.165) is 25.3 Å². The fourth-order valence-corrected chi connectivity index (χ4v) is 6.89. The van der Waals surface area contributed by atoms with E-state index in [1.165, 1.54) is 6.08 Å². The number of aliphatic hydroxyl groups excluding tert-OH is 1. The molecule has 5 atom stereocenters. The fourth-order valence-electron chi connectivity index (χ4n) is 5.11. The Morgan fingerprint density at radius 3 is 2.43 bits per heavy atom. The number of amides is 1. The molecule has 1 amide bonds. The first-order chi connectivity index (χ1) is 17.4. The van der Waals surface area contributed by atoms with E-state index in [9.17, 15) is 19.5 Å². The van der Waals surface area contributed by atoms with Gasteiger partial charge >= 0.3 is 0 Å². The molecular weight excluding hydrogens is 601 g/mol. The predicted octanol–water partition coefficient (Wildman–Crippen LogP) is 4.95. The van der Waals surface area contributed by atoms with Gasteiger partial charge in [-0.2, -0.15) is 0 Å². The molecule has 3 rings (SSSR count). The van der Waals surface area contributed by atoms with Crippen LogP contribution >= 0.6 is 33.9 Å². The number of nitrogens with zero attached hydrogens (tertiary/aromatic N) is 1. The first-order valence-corrected chi connectivity index (χ1v) is 14.5. The van der Waals surface area contributed by atoms with Crippen LogP contribution in [0.4, 0.5) is 0 Å². The molecule has 1 aliphatic rings. The Balaban J connectivity index is 1.71. The zero-order valence-electron chi connectivity index (χ0n) is 22.0. The third-order valence-electron chi connectivity index (χ3n) is 6.94. The molecule has 1 saturated carbocycles. The van der Waals surface area contributed by atoms with Crippen LogP contribution in [-0.2, 0) is 14.4 Å². The van der Waals surface area contributed by atoms with Crippen molar-refractivity contribution in [3.8, 4) is 10.4 Å². The van der Waals surface area contributed by atoms with Crippen LogP contribution in [0.5, 0.6) is 0 Å². The lowest BCUT2D eigenvalue weighted by molar-refractivity contribution is -0.138. The second kappa shape index (κ2) is 12.6. The number of aliphatic hydroxyl groups is 1. The molecule has 200 valence electrons. The van der Waals surface area contributed by atoms with Gasteiger partial charge in [0.25, 0.3) is 0 Å². The molecule has 0 bridgehead atoms. The van der Waals surface area contributed by atoms with Crippen molar-refractivity contribution in [1.82, 2.24) is 10.3 Å². The normalized spacial score (nSPS) is 21.9. The standard InChI is InChI=1S/C28H36IN3O4S/c1-14(2)25(24(34)8-15(3)30)26(35)19-9-20(11-21(33)10-19)28(36)32-16(4)22-7-6-18(12-23(22)29)27-17(5)31-13-37-27/h6-8,12-14,16,19-21,25,33H,9-11,30H2,1-5H3,(H,32,36)/t16-,19?,20-,21-,25?/m0/s1. The molecule has 0 spiro atoms. The Morgan fingerprint density at radius 2 is 1.86 bits per heavy atom. The molecule has 0 aliphatic heterocycles. The lowest BCUT2D eigenvalue weighted by atomic mass is 9.72. The second-order valence-corrected chi connectivity index (χ2v) is 12.4. The van der Waals surface area contributed by atoms with Crippen LogP contribution in [0.2, 0.25) is 0 Å². The summed E-state index contributed by atoms with van der Waals surface area (Å²) in [6, 6.07) is 5.92. The Labute approximate surface area is 236 Å². The highest BCUT2D eigenvalue weighted by molar-refractivity contribution is 14.1. The van der Waals surface area contributed by atoms with Gasteiger partial charge in [0, 0.05) is 27.2 Å². The summed E-state index contributed by atoms with van der Waals surface area (Å²) in [6.45, 7) is 9.19. The Kier molecular flexibility index (Phi) is 10.0. The number of carbonyl (C=O) groups is 3. The number of hydrogen-bond acceptors (Lipinski definition) is 7. The highest BCUT2D eigenvalue weighted by Crippen LogP contribution is 2.35. The molecule has 1 aromatic carbocycles. The third kappa shape index (κ3) is 7.26. The minimum absolute atomic E-state index is 0.188. The average molecular weight is 638 g/mol. The van der Waals surface area contributed by atoms with Gasteiger partial charge in [0.05, 0.1) is 34.1 Å². The summed E-state index contributed by atoms with van der Waals surface area (Å²) in [6.07, 6.45) is 1.40. The molecular formula is C28H36IN3O4S. The molecule has 2 aromatic rings. The van der Waals surface area contributed by atoms with Crippen LogP contribution < -0.4 is 11.1 Å². The fraction of sp³-hybridized carbons (Fsp3) is 0.500. The largest absolute Gasteiger partial charge is 0.402 e. The van der Waals surface area contributed by atoms with Gasteiger partial charge in [-0.1, -0.05) is 26.0 Å². The SMILES string of the molecule is CC(N)=CC(=O)C(C(=O)C1C[C@H](O)C[C@@H](C(=O)N[C@@H](C)c2ccc(-c3scnc3C)cc2I)C1)C(C)C. The Hall–Kier alpha value is -2.11. The van der Waals surface area contributed by atoms with Crippen molar-refractivity contribution in [1.29, 1.82) is 0 Å². The Morgan fingerprint density at radius 1 is 1.19 bits per heavy atom. The molecule has 37 heavy (non-hydrogen) atoms. The van der Waals surface area contributed by atoms with Gasteiger partial charge in [0.2, 0.25) is 5.91 Å². The number of hydrogen-bond donors (Lipinski definition) is 3. The monoisotopic (exact) mass is 637 g/mol. The van der Waals surface area contributed by atoms with Gasteiger partial charge < -0.3 is 16.2 Å². The lowest BCUT2D eigenvalue weighted by Crippen LogP contribution is -2.43. The number of halogens is 1. The topological polar surface area (TPSA) is 122 Å². The third-order valence-corrected chi connectivity index (χ3v) is 8.85. The summed E-state index contributed by atoms with van der Waals surface area (Å²) in [5.74, 6) is -2.83. The van der Waals surface area contributed by atoms with Crippen LogP contribution in [0.25, 0.3) is 10.4 Å². The van der Waals surface area contributed by atoms with Gasteiger partial charge in [-0.15, -0.1) is 11.3 Å². The molecule has 0 saturated heterocycles. The van der Waals surface area contributed by atoms with Crippen LogP contribution in [0.15, 0.2) is 35.5 Å². The molecule has 2 unspecified atom stereocenters. The maximum atomic E-state index is 13.4. The van der Waals surface area contributed by atoms with Gasteiger partial charge in [-0.25, -0.2) is 4.98 Å². The number of allylic oxidation sites excluding steroid dienone is 2. The number of benzene rings is 1. The van der Waals surface area contributed by atoms with Crippen LogP contribution in [0.3, 0.4) is 0 Å². The number of carbonyl (C=O) groups excluding carboxylic acids is 3. The second-order valence-electron chi connectivity index (χ2n) is 10.4. The molecule has 7 nitrogen and oxygen atoms in total. The summed E-state index contributed by atoms with van der Waals surface area (Å²) in [7, 11) is 0. The van der Waals surface area contributed by atoms with E-state index in [1.54, 1.807) is 18.3 Å². The average Bonchev–Trinajstić information content (AvgIpc) is 3.23. The van der Waals surface area contributed by atoms with Crippen LogP contribution in [0.1, 0.15) is 64.3 Å². The van der Waals surface area contributed by atoms with Crippen molar-refractivity contribution >= 4 is 51.4 Å². The zero-order chi connectivity index (χ0) is 27.4. The van der Waals surface area contributed by atoms with Crippen molar-refractivity contribution in [2.45, 2.75) is 66.0 Å². The van der Waals surface area contributed by atoms with E-state index in [2.05, 4.69) is 39.0 Å². The number of aryl methyl sites for hydroxylation is 1. The number of ketones is 2. The van der Waals surface area contributed by atoms with Gasteiger partial charge in [0.1, 0.15) is 5.78 Å². The number of nitrogens with two attached hydrogens (primary N) is 1. The molecule has 1 aliphatic carbocycles. The quantitative estimate of drug-likeness (QED) is 0.203. The van der Waals surface area contributed by atoms with Crippen molar-refractivity contribution in [3.63, 3.8) is 0 Å². The number of thiazole rings is 1. The highest BCUT2D eigenvalue weighted by atomic mass is 127. The summed E-state index contributed by atoms with van der Waals surface area (Å²) in [5, 5.41) is 13.6. The first-order valence-electron chi connectivity index (χ1n) is 12.6. The van der Waals surface area contributed by atoms with Crippen molar-refractivity contribution in [3.05, 3.63) is 50.3 Å². The molecule has 4 N–H and O–H groups in total. The van der Waals surface area contributed by atoms with Gasteiger partial charge in [-0.3, -0.25) is 14.4 Å². The minimum Gasteiger partial charge on any atom is -0.402 e. The van der Waals surface area contributed by atoms with Crippen LogP contribution in [0, 0.1) is 34.2 Å². The molecule has 1 fully saturated rings. The van der Waals surface area contributed by atoms with Gasteiger partial charge in [0.15, 0.2) is 5.78 Å². The summed E-state index contributed by atoms with van der Waals surface area (Å²) >= 11 is 3.88.